The Bertz CT molecular complexity index is 543. The summed E-state index contributed by atoms with van der Waals surface area (Å²) in [5.41, 5.74) is 3.54. The predicted molar refractivity (Wildman–Crippen MR) is 71.5 cm³/mol. The molecule has 0 aliphatic heterocycles. The third-order valence-corrected chi connectivity index (χ3v) is 2.37. The molecular formula is C14H12N2O3. The van der Waals surface area contributed by atoms with E-state index in [4.69, 9.17) is 4.84 Å². The lowest BCUT2D eigenvalue weighted by Crippen LogP contribution is -2.31. The van der Waals surface area contributed by atoms with Gasteiger partial charge in [-0.05, 0) is 24.3 Å². The number of para-hydroxylation sites is 2. The van der Waals surface area contributed by atoms with Crippen molar-refractivity contribution in [1.29, 1.82) is 0 Å². The van der Waals surface area contributed by atoms with Gasteiger partial charge in [0.1, 0.15) is 0 Å². The fourth-order valence-electron chi connectivity index (χ4n) is 1.46. The Labute approximate surface area is 110 Å². The second-order valence-corrected chi connectivity index (χ2v) is 3.65. The zero-order chi connectivity index (χ0) is 13.5. The van der Waals surface area contributed by atoms with Crippen molar-refractivity contribution < 1.29 is 14.4 Å². The highest BCUT2D eigenvalue weighted by molar-refractivity contribution is 6.03. The lowest BCUT2D eigenvalue weighted by atomic mass is 10.3. The summed E-state index contributed by atoms with van der Waals surface area (Å²) in [7, 11) is 0. The number of amides is 2. The third-order valence-electron chi connectivity index (χ3n) is 2.37. The van der Waals surface area contributed by atoms with Crippen molar-refractivity contribution >= 4 is 23.9 Å². The Balaban J connectivity index is 2.00. The first kappa shape index (κ1) is 12.6. The molecule has 96 valence electrons. The van der Waals surface area contributed by atoms with Gasteiger partial charge >= 0.3 is 6.09 Å². The summed E-state index contributed by atoms with van der Waals surface area (Å²) >= 11 is 0. The van der Waals surface area contributed by atoms with E-state index in [1.165, 1.54) is 0 Å². The maximum atomic E-state index is 11.8. The van der Waals surface area contributed by atoms with Crippen LogP contribution in [0.4, 0.5) is 16.2 Å². The van der Waals surface area contributed by atoms with Crippen LogP contribution in [0.2, 0.25) is 0 Å². The van der Waals surface area contributed by atoms with Gasteiger partial charge < -0.3 is 4.84 Å². The summed E-state index contributed by atoms with van der Waals surface area (Å²) in [6, 6.07) is 17.4. The van der Waals surface area contributed by atoms with Crippen LogP contribution in [0.15, 0.2) is 60.7 Å². The quantitative estimate of drug-likeness (QED) is 0.675. The maximum Gasteiger partial charge on any atom is 0.445 e. The predicted octanol–water partition coefficient (Wildman–Crippen LogP) is 2.81. The Morgan fingerprint density at radius 3 is 2.16 bits per heavy atom. The van der Waals surface area contributed by atoms with Gasteiger partial charge in [-0.25, -0.2) is 15.2 Å². The van der Waals surface area contributed by atoms with E-state index in [1.54, 1.807) is 54.6 Å². The molecule has 2 aromatic rings. The molecule has 0 aromatic heterocycles. The molecule has 0 saturated heterocycles. The van der Waals surface area contributed by atoms with Gasteiger partial charge in [-0.3, -0.25) is 4.79 Å². The molecule has 0 aliphatic carbocycles. The first-order chi connectivity index (χ1) is 9.31. The van der Waals surface area contributed by atoms with E-state index in [1.807, 2.05) is 6.07 Å². The number of nitrogens with zero attached hydrogens (tertiary/aromatic N) is 1. The minimum atomic E-state index is -0.801. The number of imide groups is 1. The zero-order valence-electron chi connectivity index (χ0n) is 10.0. The van der Waals surface area contributed by atoms with Gasteiger partial charge in [0, 0.05) is 0 Å². The Morgan fingerprint density at radius 1 is 1.00 bits per heavy atom. The van der Waals surface area contributed by atoms with Crippen LogP contribution in [0.25, 0.3) is 0 Å². The second kappa shape index (κ2) is 6.20. The first-order valence-electron chi connectivity index (χ1n) is 5.62. The van der Waals surface area contributed by atoms with Crippen molar-refractivity contribution in [2.45, 2.75) is 0 Å². The molecule has 2 aromatic carbocycles. The molecule has 0 spiro atoms. The number of nitrogens with one attached hydrogen (secondary N) is 1. The number of rotatable bonds is 4. The van der Waals surface area contributed by atoms with E-state index in [2.05, 4.69) is 5.48 Å². The zero-order valence-corrected chi connectivity index (χ0v) is 10.0. The van der Waals surface area contributed by atoms with E-state index in [0.29, 0.717) is 17.8 Å². The van der Waals surface area contributed by atoms with Gasteiger partial charge in [0.05, 0.1) is 11.4 Å². The standard InChI is InChI=1S/C14H12N2O3/c17-11-16(13-9-5-2-6-10-13)14(18)19-15-12-7-3-1-4-8-12/h1-11,15H. The van der Waals surface area contributed by atoms with Crippen molar-refractivity contribution in [2.75, 3.05) is 10.4 Å². The fourth-order valence-corrected chi connectivity index (χ4v) is 1.46. The number of anilines is 2. The van der Waals surface area contributed by atoms with Crippen LogP contribution in [0.1, 0.15) is 0 Å². The highest BCUT2D eigenvalue weighted by atomic mass is 16.7. The molecule has 0 fully saturated rings. The van der Waals surface area contributed by atoms with E-state index < -0.39 is 6.09 Å². The van der Waals surface area contributed by atoms with Crippen LogP contribution >= 0.6 is 0 Å². The minimum Gasteiger partial charge on any atom is -0.324 e. The largest absolute Gasteiger partial charge is 0.445 e. The molecule has 1 N–H and O–H groups in total. The average Bonchev–Trinajstić information content (AvgIpc) is 2.48. The van der Waals surface area contributed by atoms with Crippen molar-refractivity contribution in [1.82, 2.24) is 0 Å². The van der Waals surface area contributed by atoms with Crippen LogP contribution < -0.4 is 10.4 Å². The van der Waals surface area contributed by atoms with Crippen molar-refractivity contribution in [3.63, 3.8) is 0 Å². The Kier molecular flexibility index (Phi) is 4.12. The SMILES string of the molecule is O=CN(C(=O)ONc1ccccc1)c1ccccc1. The smallest absolute Gasteiger partial charge is 0.324 e. The second-order valence-electron chi connectivity index (χ2n) is 3.65. The highest BCUT2D eigenvalue weighted by Crippen LogP contribution is 2.13. The molecule has 0 heterocycles. The van der Waals surface area contributed by atoms with E-state index in [-0.39, 0.29) is 0 Å². The van der Waals surface area contributed by atoms with Gasteiger partial charge in [-0.15, -0.1) is 0 Å². The number of hydrogen-bond acceptors (Lipinski definition) is 4. The number of benzene rings is 2. The molecule has 2 amide bonds. The lowest BCUT2D eigenvalue weighted by molar-refractivity contribution is -0.107. The summed E-state index contributed by atoms with van der Waals surface area (Å²) in [5, 5.41) is 0. The summed E-state index contributed by atoms with van der Waals surface area (Å²) < 4.78 is 0. The molecule has 5 nitrogen and oxygen atoms in total. The van der Waals surface area contributed by atoms with Crippen molar-refractivity contribution in [3.8, 4) is 0 Å². The van der Waals surface area contributed by atoms with Gasteiger partial charge in [0.25, 0.3) is 0 Å². The minimum absolute atomic E-state index is 0.407. The molecule has 19 heavy (non-hydrogen) atoms. The monoisotopic (exact) mass is 256 g/mol. The Morgan fingerprint density at radius 2 is 1.58 bits per heavy atom. The Hall–Kier alpha value is -2.82. The van der Waals surface area contributed by atoms with Crippen LogP contribution in [0, 0.1) is 0 Å². The van der Waals surface area contributed by atoms with Crippen molar-refractivity contribution in [2.24, 2.45) is 0 Å². The fraction of sp³-hybridized carbons (Fsp3) is 0. The third kappa shape index (κ3) is 3.32. The summed E-state index contributed by atoms with van der Waals surface area (Å²) in [4.78, 5) is 28.4. The van der Waals surface area contributed by atoms with Gasteiger partial charge in [-0.1, -0.05) is 36.4 Å². The van der Waals surface area contributed by atoms with Crippen LogP contribution in [0.3, 0.4) is 0 Å². The van der Waals surface area contributed by atoms with E-state index in [0.717, 1.165) is 4.90 Å². The molecule has 0 atom stereocenters. The van der Waals surface area contributed by atoms with Gasteiger partial charge in [-0.2, -0.15) is 0 Å². The summed E-state index contributed by atoms with van der Waals surface area (Å²) in [5.74, 6) is 0. The molecule has 2 rings (SSSR count). The normalized spacial score (nSPS) is 9.47. The van der Waals surface area contributed by atoms with Crippen molar-refractivity contribution in [3.05, 3.63) is 60.7 Å². The molecule has 0 aliphatic rings. The summed E-state index contributed by atoms with van der Waals surface area (Å²) in [6.07, 6.45) is -0.394. The van der Waals surface area contributed by atoms with Crippen LogP contribution in [-0.2, 0) is 9.63 Å². The van der Waals surface area contributed by atoms with E-state index in [9.17, 15) is 9.59 Å². The van der Waals surface area contributed by atoms with Crippen LogP contribution in [0.5, 0.6) is 0 Å². The van der Waals surface area contributed by atoms with Gasteiger partial charge in [0.2, 0.25) is 6.41 Å². The number of carbonyl (C=O) groups excluding carboxylic acids is 2. The molecule has 0 bridgehead atoms. The van der Waals surface area contributed by atoms with Crippen LogP contribution in [-0.4, -0.2) is 12.5 Å². The molecule has 0 radical (unpaired) electrons. The molecule has 0 saturated carbocycles. The number of hydrogen-bond donors (Lipinski definition) is 1. The maximum absolute atomic E-state index is 11.8. The average molecular weight is 256 g/mol. The van der Waals surface area contributed by atoms with E-state index >= 15 is 0 Å². The molecule has 0 unspecified atom stereocenters. The molecule has 5 heteroatoms. The van der Waals surface area contributed by atoms with Gasteiger partial charge in [0.15, 0.2) is 0 Å². The summed E-state index contributed by atoms with van der Waals surface area (Å²) in [6.45, 7) is 0. The lowest BCUT2D eigenvalue weighted by Gasteiger charge is -2.15. The topological polar surface area (TPSA) is 58.6 Å². The highest BCUT2D eigenvalue weighted by Gasteiger charge is 2.16. The first-order valence-corrected chi connectivity index (χ1v) is 5.62. The number of carbonyl (C=O) groups is 2. The molecular weight excluding hydrogens is 244 g/mol.